The van der Waals surface area contributed by atoms with Crippen molar-refractivity contribution in [2.24, 2.45) is 0 Å². The quantitative estimate of drug-likeness (QED) is 0.694. The lowest BCUT2D eigenvalue weighted by Crippen LogP contribution is -2.32. The zero-order chi connectivity index (χ0) is 16.6. The highest BCUT2D eigenvalue weighted by molar-refractivity contribution is 7.99. The van der Waals surface area contributed by atoms with Crippen molar-refractivity contribution in [1.82, 2.24) is 0 Å². The molecule has 0 fully saturated rings. The fourth-order valence-electron chi connectivity index (χ4n) is 3.48. The van der Waals surface area contributed by atoms with Crippen molar-refractivity contribution >= 4 is 11.8 Å². The van der Waals surface area contributed by atoms with Gasteiger partial charge in [0.25, 0.3) is 0 Å². The van der Waals surface area contributed by atoms with Gasteiger partial charge in [0.1, 0.15) is 5.60 Å². The van der Waals surface area contributed by atoms with Gasteiger partial charge in [-0.15, -0.1) is 0 Å². The molecule has 2 heteroatoms. The summed E-state index contributed by atoms with van der Waals surface area (Å²) in [5, 5.41) is 11.9. The van der Waals surface area contributed by atoms with E-state index in [1.54, 1.807) is 11.8 Å². The van der Waals surface area contributed by atoms with E-state index in [0.29, 0.717) is 0 Å². The molecule has 24 heavy (non-hydrogen) atoms. The summed E-state index contributed by atoms with van der Waals surface area (Å²) in [6.45, 7) is 2.19. The van der Waals surface area contributed by atoms with Crippen LogP contribution in [0.3, 0.4) is 0 Å². The molecule has 0 aliphatic carbocycles. The van der Waals surface area contributed by atoms with Gasteiger partial charge in [-0.25, -0.2) is 0 Å². The lowest BCUT2D eigenvalue weighted by atomic mass is 9.79. The molecule has 0 bridgehead atoms. The standard InChI is InChI=1S/C22H20OS/c1-2-7-16-12-14-17(15-13-16)22(23)18-8-3-5-10-20(18)24-21-11-6-4-9-19(21)22/h3-6,8-15,23H,2,7H2,1H3. The highest BCUT2D eigenvalue weighted by atomic mass is 32.2. The smallest absolute Gasteiger partial charge is 0.142 e. The summed E-state index contributed by atoms with van der Waals surface area (Å²) in [6, 6.07) is 24.8. The van der Waals surface area contributed by atoms with Crippen LogP contribution in [0.5, 0.6) is 0 Å². The molecule has 1 nitrogen and oxygen atoms in total. The fourth-order valence-corrected chi connectivity index (χ4v) is 4.67. The molecule has 0 unspecified atom stereocenters. The number of hydrogen-bond acceptors (Lipinski definition) is 2. The first kappa shape index (κ1) is 15.5. The maximum atomic E-state index is 11.9. The van der Waals surface area contributed by atoms with Crippen LogP contribution in [0.2, 0.25) is 0 Å². The summed E-state index contributed by atoms with van der Waals surface area (Å²) in [6.07, 6.45) is 2.20. The van der Waals surface area contributed by atoms with E-state index in [0.717, 1.165) is 39.3 Å². The topological polar surface area (TPSA) is 20.2 Å². The molecular formula is C22H20OS. The first-order valence-electron chi connectivity index (χ1n) is 8.42. The lowest BCUT2D eigenvalue weighted by Gasteiger charge is -2.36. The van der Waals surface area contributed by atoms with Crippen molar-refractivity contribution in [3.05, 3.63) is 95.1 Å². The lowest BCUT2D eigenvalue weighted by molar-refractivity contribution is 0.118. The molecule has 1 N–H and O–H groups in total. The van der Waals surface area contributed by atoms with E-state index in [2.05, 4.69) is 43.3 Å². The Morgan fingerprint density at radius 3 is 1.88 bits per heavy atom. The Kier molecular flexibility index (Phi) is 3.95. The molecule has 1 heterocycles. The van der Waals surface area contributed by atoms with E-state index in [1.165, 1.54) is 5.56 Å². The van der Waals surface area contributed by atoms with Crippen LogP contribution in [0.1, 0.15) is 35.6 Å². The van der Waals surface area contributed by atoms with Crippen LogP contribution in [0.15, 0.2) is 82.6 Å². The van der Waals surface area contributed by atoms with Crippen LogP contribution in [0.4, 0.5) is 0 Å². The van der Waals surface area contributed by atoms with Crippen molar-refractivity contribution in [3.63, 3.8) is 0 Å². The predicted octanol–water partition coefficient (Wildman–Crippen LogP) is 5.39. The minimum Gasteiger partial charge on any atom is -0.376 e. The summed E-state index contributed by atoms with van der Waals surface area (Å²) in [5.74, 6) is 0. The van der Waals surface area contributed by atoms with E-state index in [1.807, 2.05) is 36.4 Å². The minimum absolute atomic E-state index is 0.933. The van der Waals surface area contributed by atoms with E-state index in [-0.39, 0.29) is 0 Å². The fraction of sp³-hybridized carbons (Fsp3) is 0.182. The van der Waals surface area contributed by atoms with Gasteiger partial charge in [-0.05, 0) is 29.7 Å². The summed E-state index contributed by atoms with van der Waals surface area (Å²) >= 11 is 1.73. The normalized spacial score (nSPS) is 14.8. The molecule has 0 spiro atoms. The highest BCUT2D eigenvalue weighted by Crippen LogP contribution is 2.50. The average Bonchev–Trinajstić information content (AvgIpc) is 2.63. The van der Waals surface area contributed by atoms with E-state index in [4.69, 9.17) is 0 Å². The Bertz CT molecular complexity index is 822. The third-order valence-corrected chi connectivity index (χ3v) is 5.84. The first-order chi connectivity index (χ1) is 11.7. The van der Waals surface area contributed by atoms with Crippen molar-refractivity contribution in [3.8, 4) is 0 Å². The molecule has 0 saturated heterocycles. The molecule has 3 aromatic carbocycles. The highest BCUT2D eigenvalue weighted by Gasteiger charge is 2.40. The molecular weight excluding hydrogens is 312 g/mol. The van der Waals surface area contributed by atoms with Gasteiger partial charge in [0, 0.05) is 20.9 Å². The second kappa shape index (κ2) is 6.12. The van der Waals surface area contributed by atoms with Gasteiger partial charge < -0.3 is 5.11 Å². The molecule has 120 valence electrons. The summed E-state index contributed by atoms with van der Waals surface area (Å²) in [7, 11) is 0. The molecule has 0 saturated carbocycles. The first-order valence-corrected chi connectivity index (χ1v) is 9.24. The summed E-state index contributed by atoms with van der Waals surface area (Å²) in [5.41, 5.74) is 3.09. The van der Waals surface area contributed by atoms with E-state index >= 15 is 0 Å². The summed E-state index contributed by atoms with van der Waals surface area (Å²) in [4.78, 5) is 2.24. The van der Waals surface area contributed by atoms with Crippen LogP contribution in [-0.2, 0) is 12.0 Å². The number of benzene rings is 3. The third-order valence-electron chi connectivity index (χ3n) is 4.68. The van der Waals surface area contributed by atoms with Gasteiger partial charge in [0.05, 0.1) is 0 Å². The van der Waals surface area contributed by atoms with Gasteiger partial charge >= 0.3 is 0 Å². The Hall–Kier alpha value is -2.03. The van der Waals surface area contributed by atoms with Crippen LogP contribution >= 0.6 is 11.8 Å². The predicted molar refractivity (Wildman–Crippen MR) is 99.5 cm³/mol. The maximum absolute atomic E-state index is 11.9. The monoisotopic (exact) mass is 332 g/mol. The van der Waals surface area contributed by atoms with Gasteiger partial charge in [-0.2, -0.15) is 0 Å². The van der Waals surface area contributed by atoms with Crippen LogP contribution in [-0.4, -0.2) is 5.11 Å². The van der Waals surface area contributed by atoms with E-state index in [9.17, 15) is 5.11 Å². The Morgan fingerprint density at radius 1 is 0.792 bits per heavy atom. The number of rotatable bonds is 3. The number of hydrogen-bond donors (Lipinski definition) is 1. The van der Waals surface area contributed by atoms with Crippen molar-refractivity contribution in [2.45, 2.75) is 35.2 Å². The Balaban J connectivity index is 1.92. The summed E-state index contributed by atoms with van der Waals surface area (Å²) < 4.78 is 0. The van der Waals surface area contributed by atoms with Crippen molar-refractivity contribution < 1.29 is 5.11 Å². The Morgan fingerprint density at radius 2 is 1.33 bits per heavy atom. The number of fused-ring (bicyclic) bond motifs is 2. The molecule has 1 aliphatic rings. The average molecular weight is 332 g/mol. The van der Waals surface area contributed by atoms with E-state index < -0.39 is 5.60 Å². The molecule has 0 atom stereocenters. The molecule has 0 amide bonds. The third kappa shape index (κ3) is 2.38. The zero-order valence-corrected chi connectivity index (χ0v) is 14.5. The molecule has 3 aromatic rings. The zero-order valence-electron chi connectivity index (χ0n) is 13.7. The van der Waals surface area contributed by atoms with Crippen LogP contribution in [0.25, 0.3) is 0 Å². The van der Waals surface area contributed by atoms with Crippen LogP contribution in [0, 0.1) is 0 Å². The maximum Gasteiger partial charge on any atom is 0.142 e. The number of aliphatic hydroxyl groups is 1. The SMILES string of the molecule is CCCc1ccc(C2(O)c3ccccc3Sc3ccccc32)cc1. The second-order valence-corrected chi connectivity index (χ2v) is 7.34. The Labute approximate surface area is 147 Å². The van der Waals surface area contributed by atoms with Crippen molar-refractivity contribution in [1.29, 1.82) is 0 Å². The van der Waals surface area contributed by atoms with Crippen LogP contribution < -0.4 is 0 Å². The van der Waals surface area contributed by atoms with Gasteiger partial charge in [-0.1, -0.05) is 85.8 Å². The van der Waals surface area contributed by atoms with Gasteiger partial charge in [0.2, 0.25) is 0 Å². The molecule has 1 aliphatic heterocycles. The second-order valence-electron chi connectivity index (χ2n) is 6.25. The largest absolute Gasteiger partial charge is 0.376 e. The minimum atomic E-state index is -1.09. The molecule has 0 radical (unpaired) electrons. The number of aryl methyl sites for hydroxylation is 1. The van der Waals surface area contributed by atoms with Crippen molar-refractivity contribution in [2.75, 3.05) is 0 Å². The molecule has 4 rings (SSSR count). The molecule has 0 aromatic heterocycles. The van der Waals surface area contributed by atoms with Gasteiger partial charge in [0.15, 0.2) is 0 Å². The van der Waals surface area contributed by atoms with Gasteiger partial charge in [-0.3, -0.25) is 0 Å².